The molecule has 9 heteroatoms. The van der Waals surface area contributed by atoms with E-state index in [1.54, 1.807) is 16.6 Å². The lowest BCUT2D eigenvalue weighted by Gasteiger charge is -2.30. The second-order valence-electron chi connectivity index (χ2n) is 12.8. The van der Waals surface area contributed by atoms with Gasteiger partial charge in [0.25, 0.3) is 11.5 Å². The molecule has 0 aliphatic carbocycles. The first-order chi connectivity index (χ1) is 24.6. The van der Waals surface area contributed by atoms with Crippen LogP contribution in [0.5, 0.6) is 17.2 Å². The van der Waals surface area contributed by atoms with Crippen LogP contribution in [0.3, 0.4) is 0 Å². The largest absolute Gasteiger partial charge is 0.496 e. The molecule has 1 amide bonds. The van der Waals surface area contributed by atoms with Crippen LogP contribution in [0, 0.1) is 20.8 Å². The molecule has 6 rings (SSSR count). The van der Waals surface area contributed by atoms with Gasteiger partial charge in [0.15, 0.2) is 16.3 Å². The third-order valence-electron chi connectivity index (χ3n) is 9.50. The number of allylic oxidation sites excluding steroid dienone is 1. The van der Waals surface area contributed by atoms with Crippen molar-refractivity contribution in [1.82, 2.24) is 9.47 Å². The third kappa shape index (κ3) is 6.82. The van der Waals surface area contributed by atoms with Crippen molar-refractivity contribution < 1.29 is 19.0 Å². The number of methoxy groups -OCH3 is 1. The van der Waals surface area contributed by atoms with Gasteiger partial charge < -0.3 is 19.1 Å². The van der Waals surface area contributed by atoms with E-state index in [1.165, 1.54) is 28.0 Å². The summed E-state index contributed by atoms with van der Waals surface area (Å²) in [5, 5.41) is 1.89. The molecule has 1 aliphatic rings. The predicted molar refractivity (Wildman–Crippen MR) is 205 cm³/mol. The summed E-state index contributed by atoms with van der Waals surface area (Å²) in [6.45, 7) is 15.9. The molecule has 51 heavy (non-hydrogen) atoms. The summed E-state index contributed by atoms with van der Waals surface area (Å²) in [4.78, 5) is 36.0. The molecule has 5 aromatic rings. The molecule has 0 bridgehead atoms. The van der Waals surface area contributed by atoms with Gasteiger partial charge in [0.1, 0.15) is 18.4 Å². The Balaban J connectivity index is 1.48. The van der Waals surface area contributed by atoms with E-state index in [4.69, 9.17) is 19.2 Å². The number of aryl methyl sites for hydroxylation is 3. The maximum absolute atomic E-state index is 14.6. The van der Waals surface area contributed by atoms with Crippen LogP contribution in [0.1, 0.15) is 67.1 Å². The number of likely N-dealkylation sites (N-methyl/N-ethyl adjacent to an activating group) is 1. The molecular weight excluding hydrogens is 659 g/mol. The number of benzene rings is 4. The number of hydrogen-bond acceptors (Lipinski definition) is 7. The van der Waals surface area contributed by atoms with Gasteiger partial charge >= 0.3 is 0 Å². The molecule has 0 spiro atoms. The Morgan fingerprint density at radius 3 is 2.29 bits per heavy atom. The zero-order valence-corrected chi connectivity index (χ0v) is 31.4. The summed E-state index contributed by atoms with van der Waals surface area (Å²) in [6, 6.07) is 21.2. The third-order valence-corrected chi connectivity index (χ3v) is 10.5. The molecule has 8 nitrogen and oxygen atoms in total. The van der Waals surface area contributed by atoms with Gasteiger partial charge in [0.05, 0.1) is 29.5 Å². The van der Waals surface area contributed by atoms with E-state index in [-0.39, 0.29) is 11.5 Å². The van der Waals surface area contributed by atoms with Crippen molar-refractivity contribution in [3.63, 3.8) is 0 Å². The van der Waals surface area contributed by atoms with Crippen molar-refractivity contribution in [3.05, 3.63) is 131 Å². The van der Waals surface area contributed by atoms with Gasteiger partial charge in [-0.05, 0) is 106 Å². The molecule has 0 radical (unpaired) electrons. The minimum absolute atomic E-state index is 0.150. The molecule has 0 N–H and O–H groups in total. The summed E-state index contributed by atoms with van der Waals surface area (Å²) < 4.78 is 20.4. The van der Waals surface area contributed by atoms with Crippen LogP contribution < -0.4 is 29.1 Å². The normalized spacial score (nSPS) is 14.4. The van der Waals surface area contributed by atoms with Crippen LogP contribution in [-0.2, 0) is 11.4 Å². The maximum Gasteiger partial charge on any atom is 0.271 e. The minimum atomic E-state index is -0.749. The quantitative estimate of drug-likeness (QED) is 0.146. The molecule has 1 atom stereocenters. The Hall–Kier alpha value is -5.15. The molecule has 1 aromatic heterocycles. The number of carbonyl (C=O) groups excluding carboxylic acids is 1. The molecule has 0 fully saturated rings. The molecule has 2 heterocycles. The zero-order valence-electron chi connectivity index (χ0n) is 30.6. The second-order valence-corrected chi connectivity index (χ2v) is 13.8. The summed E-state index contributed by atoms with van der Waals surface area (Å²) >= 11 is 1.30. The Morgan fingerprint density at radius 2 is 1.61 bits per heavy atom. The SMILES string of the molecule is CCOc1cc(/C=c2/sc3n(c2=O)[C@@H](c2c(OC)ccc4ccccc24)C(C(=O)N(CC)CC)=C(C)N=3)ccc1OCc1c(C)cc(C)cc1C. The molecule has 0 saturated heterocycles. The Morgan fingerprint density at radius 1 is 0.902 bits per heavy atom. The van der Waals surface area contributed by atoms with Crippen LogP contribution in [0.2, 0.25) is 0 Å². The summed E-state index contributed by atoms with van der Waals surface area (Å²) in [7, 11) is 1.62. The van der Waals surface area contributed by atoms with E-state index in [1.807, 2.05) is 88.4 Å². The average molecular weight is 704 g/mol. The number of aromatic nitrogens is 1. The number of thiazole rings is 1. The number of carbonyl (C=O) groups is 1. The van der Waals surface area contributed by atoms with Gasteiger partial charge in [0, 0.05) is 18.7 Å². The van der Waals surface area contributed by atoms with Gasteiger partial charge in [-0.3, -0.25) is 14.2 Å². The second kappa shape index (κ2) is 15.0. The number of fused-ring (bicyclic) bond motifs is 2. The van der Waals surface area contributed by atoms with E-state index in [0.29, 0.717) is 64.2 Å². The van der Waals surface area contributed by atoms with Crippen molar-refractivity contribution >= 4 is 34.1 Å². The van der Waals surface area contributed by atoms with Crippen LogP contribution in [0.15, 0.2) is 87.8 Å². The molecular formula is C42H45N3O5S. The van der Waals surface area contributed by atoms with Crippen molar-refractivity contribution in [2.45, 2.75) is 61.1 Å². The fourth-order valence-electron chi connectivity index (χ4n) is 7.03. The fraction of sp³-hybridized carbons (Fsp3) is 0.310. The van der Waals surface area contributed by atoms with Gasteiger partial charge in [0.2, 0.25) is 0 Å². The molecule has 0 saturated carbocycles. The maximum atomic E-state index is 14.6. The van der Waals surface area contributed by atoms with E-state index in [9.17, 15) is 9.59 Å². The summed E-state index contributed by atoms with van der Waals surface area (Å²) in [6.07, 6.45) is 1.85. The zero-order chi connectivity index (χ0) is 36.4. The number of rotatable bonds is 11. The van der Waals surface area contributed by atoms with Crippen molar-refractivity contribution in [2.75, 3.05) is 26.8 Å². The first kappa shape index (κ1) is 35.7. The topological polar surface area (TPSA) is 82.4 Å². The number of amides is 1. The van der Waals surface area contributed by atoms with Gasteiger partial charge in [-0.2, -0.15) is 0 Å². The van der Waals surface area contributed by atoms with Gasteiger partial charge in [-0.25, -0.2) is 4.99 Å². The molecule has 264 valence electrons. The van der Waals surface area contributed by atoms with Crippen LogP contribution in [0.25, 0.3) is 16.8 Å². The highest BCUT2D eigenvalue weighted by Gasteiger charge is 2.36. The van der Waals surface area contributed by atoms with E-state index >= 15 is 0 Å². The lowest BCUT2D eigenvalue weighted by atomic mass is 9.90. The highest BCUT2D eigenvalue weighted by atomic mass is 32.1. The minimum Gasteiger partial charge on any atom is -0.496 e. The monoisotopic (exact) mass is 703 g/mol. The summed E-state index contributed by atoms with van der Waals surface area (Å²) in [5.41, 5.74) is 7.11. The Labute approximate surface area is 302 Å². The predicted octanol–water partition coefficient (Wildman–Crippen LogP) is 7.17. The van der Waals surface area contributed by atoms with Gasteiger partial charge in [-0.1, -0.05) is 65.4 Å². The number of hydrogen-bond donors (Lipinski definition) is 0. The van der Waals surface area contributed by atoms with Crippen LogP contribution in [-0.4, -0.2) is 42.2 Å². The Kier molecular flexibility index (Phi) is 10.5. The van der Waals surface area contributed by atoms with E-state index in [2.05, 4.69) is 32.9 Å². The first-order valence-corrected chi connectivity index (χ1v) is 18.2. The molecule has 4 aromatic carbocycles. The molecule has 1 aliphatic heterocycles. The van der Waals surface area contributed by atoms with Crippen LogP contribution in [0.4, 0.5) is 0 Å². The highest BCUT2D eigenvalue weighted by Crippen LogP contribution is 2.40. The smallest absolute Gasteiger partial charge is 0.271 e. The number of ether oxygens (including phenoxy) is 3. The first-order valence-electron chi connectivity index (χ1n) is 17.4. The Bertz CT molecular complexity index is 2330. The number of nitrogens with zero attached hydrogens (tertiary/aromatic N) is 3. The standard InChI is InChI=1S/C42H45N3O5S/c1-9-44(10-2)41(47)37-28(7)43-42-45(39(37)38-31-15-13-12-14-30(31)17-19-34(38)48-8)40(46)36(51-42)23-29-16-18-33(35(22-29)49-11-3)50-24-32-26(5)20-25(4)21-27(32)6/h12-23,39H,9-11,24H2,1-8H3/b36-23+/t39-/m1/s1. The average Bonchev–Trinajstić information content (AvgIpc) is 3.41. The van der Waals surface area contributed by atoms with E-state index < -0.39 is 6.04 Å². The van der Waals surface area contributed by atoms with Crippen molar-refractivity contribution in [3.8, 4) is 17.2 Å². The van der Waals surface area contributed by atoms with Crippen molar-refractivity contribution in [1.29, 1.82) is 0 Å². The lowest BCUT2D eigenvalue weighted by molar-refractivity contribution is -0.127. The van der Waals surface area contributed by atoms with Crippen molar-refractivity contribution in [2.24, 2.45) is 4.99 Å². The molecule has 0 unspecified atom stereocenters. The summed E-state index contributed by atoms with van der Waals surface area (Å²) in [5.74, 6) is 1.68. The lowest BCUT2D eigenvalue weighted by Crippen LogP contribution is -2.43. The van der Waals surface area contributed by atoms with Gasteiger partial charge in [-0.15, -0.1) is 0 Å². The van der Waals surface area contributed by atoms with Crippen LogP contribution >= 0.6 is 11.3 Å². The fourth-order valence-corrected chi connectivity index (χ4v) is 8.07. The highest BCUT2D eigenvalue weighted by molar-refractivity contribution is 7.07. The van der Waals surface area contributed by atoms with E-state index in [0.717, 1.165) is 27.5 Å².